The predicted octanol–water partition coefficient (Wildman–Crippen LogP) is 2.02. The van der Waals surface area contributed by atoms with Crippen molar-refractivity contribution in [3.8, 4) is 0 Å². The summed E-state index contributed by atoms with van der Waals surface area (Å²) in [5, 5.41) is 6.00. The average Bonchev–Trinajstić information content (AvgIpc) is 2.89. The highest BCUT2D eigenvalue weighted by atomic mass is 16.1. The number of fused-ring (bicyclic) bond motifs is 1. The summed E-state index contributed by atoms with van der Waals surface area (Å²) in [4.78, 5) is 16.5. The van der Waals surface area contributed by atoms with E-state index in [4.69, 9.17) is 0 Å². The van der Waals surface area contributed by atoms with Crippen molar-refractivity contribution in [1.82, 2.24) is 10.3 Å². The first-order chi connectivity index (χ1) is 9.76. The van der Waals surface area contributed by atoms with Crippen LogP contribution >= 0.6 is 0 Å². The van der Waals surface area contributed by atoms with Crippen LogP contribution in [0.3, 0.4) is 0 Å². The summed E-state index contributed by atoms with van der Waals surface area (Å²) in [6.45, 7) is 0. The van der Waals surface area contributed by atoms with Gasteiger partial charge >= 0.3 is 0 Å². The Morgan fingerprint density at radius 3 is 2.45 bits per heavy atom. The van der Waals surface area contributed by atoms with Crippen LogP contribution in [0, 0.1) is 0 Å². The number of benzene rings is 1. The maximum atomic E-state index is 12.2. The van der Waals surface area contributed by atoms with Gasteiger partial charge in [-0.05, 0) is 36.1 Å². The number of nitrogens with zero attached hydrogens (tertiary/aromatic N) is 1. The van der Waals surface area contributed by atoms with Gasteiger partial charge in [0.1, 0.15) is 11.5 Å². The number of pyridine rings is 1. The molecule has 1 amide bonds. The molecule has 1 aliphatic rings. The number of nitrogens with one attached hydrogen (secondary N) is 2. The highest BCUT2D eigenvalue weighted by Gasteiger charge is 2.23. The molecule has 0 atom stereocenters. The van der Waals surface area contributed by atoms with Gasteiger partial charge in [0.15, 0.2) is 0 Å². The van der Waals surface area contributed by atoms with Crippen LogP contribution in [0.25, 0.3) is 0 Å². The summed E-state index contributed by atoms with van der Waals surface area (Å²) in [6.07, 6.45) is 1.79. The molecule has 102 valence electrons. The van der Waals surface area contributed by atoms with Crippen molar-refractivity contribution in [2.75, 3.05) is 12.4 Å². The topological polar surface area (TPSA) is 54.0 Å². The molecule has 0 saturated heterocycles. The molecule has 1 heterocycles. The molecule has 0 bridgehead atoms. The van der Waals surface area contributed by atoms with Gasteiger partial charge in [-0.2, -0.15) is 0 Å². The second-order valence-electron chi connectivity index (χ2n) is 5.01. The van der Waals surface area contributed by atoms with Crippen LogP contribution in [0.2, 0.25) is 0 Å². The Kier molecular flexibility index (Phi) is 3.37. The Hall–Kier alpha value is -2.36. The summed E-state index contributed by atoms with van der Waals surface area (Å²) < 4.78 is 0. The zero-order valence-corrected chi connectivity index (χ0v) is 11.4. The van der Waals surface area contributed by atoms with Gasteiger partial charge in [0.25, 0.3) is 5.91 Å². The molecule has 0 saturated carbocycles. The largest absolute Gasteiger partial charge is 0.373 e. The zero-order valence-electron chi connectivity index (χ0n) is 11.4. The Morgan fingerprint density at radius 2 is 1.80 bits per heavy atom. The lowest BCUT2D eigenvalue weighted by molar-refractivity contribution is 0.0933. The zero-order chi connectivity index (χ0) is 13.9. The van der Waals surface area contributed by atoms with Crippen molar-refractivity contribution in [2.45, 2.75) is 18.9 Å². The third-order valence-corrected chi connectivity index (χ3v) is 3.62. The van der Waals surface area contributed by atoms with Crippen molar-refractivity contribution in [2.24, 2.45) is 0 Å². The Morgan fingerprint density at radius 1 is 1.10 bits per heavy atom. The second kappa shape index (κ2) is 5.33. The number of anilines is 1. The molecular weight excluding hydrogens is 250 g/mol. The molecule has 4 nitrogen and oxygen atoms in total. The summed E-state index contributed by atoms with van der Waals surface area (Å²) in [6, 6.07) is 13.9. The highest BCUT2D eigenvalue weighted by molar-refractivity contribution is 5.92. The fraction of sp³-hybridized carbons (Fsp3) is 0.250. The summed E-state index contributed by atoms with van der Waals surface area (Å²) in [5.74, 6) is 0.590. The minimum absolute atomic E-state index is 0.111. The Balaban J connectivity index is 1.69. The molecule has 4 heteroatoms. The highest BCUT2D eigenvalue weighted by Crippen LogP contribution is 2.21. The van der Waals surface area contributed by atoms with Crippen LogP contribution < -0.4 is 10.6 Å². The van der Waals surface area contributed by atoms with E-state index in [9.17, 15) is 4.79 Å². The van der Waals surface area contributed by atoms with Gasteiger partial charge in [-0.25, -0.2) is 4.98 Å². The maximum absolute atomic E-state index is 12.2. The number of hydrogen-bond donors (Lipinski definition) is 2. The molecule has 20 heavy (non-hydrogen) atoms. The molecule has 0 radical (unpaired) electrons. The standard InChI is InChI=1S/C16H17N3O/c1-17-15-8-4-7-14(19-15)16(20)18-13-9-11-5-2-3-6-12(11)10-13/h2-8,13H,9-10H2,1H3,(H,17,19)(H,18,20). The molecule has 0 aliphatic heterocycles. The van der Waals surface area contributed by atoms with E-state index in [2.05, 4.69) is 27.8 Å². The van der Waals surface area contributed by atoms with Gasteiger partial charge in [0, 0.05) is 13.1 Å². The molecule has 0 unspecified atom stereocenters. The van der Waals surface area contributed by atoms with E-state index in [0.29, 0.717) is 11.5 Å². The Bertz CT molecular complexity index is 614. The van der Waals surface area contributed by atoms with Crippen molar-refractivity contribution in [3.05, 3.63) is 59.3 Å². The molecule has 1 aromatic heterocycles. The minimum Gasteiger partial charge on any atom is -0.373 e. The number of carbonyl (C=O) groups is 1. The summed E-state index contributed by atoms with van der Waals surface area (Å²) >= 11 is 0. The molecule has 2 aromatic rings. The minimum atomic E-state index is -0.111. The van der Waals surface area contributed by atoms with E-state index >= 15 is 0 Å². The summed E-state index contributed by atoms with van der Waals surface area (Å²) in [7, 11) is 1.79. The quantitative estimate of drug-likeness (QED) is 0.894. The molecule has 0 spiro atoms. The summed E-state index contributed by atoms with van der Waals surface area (Å²) in [5.41, 5.74) is 3.11. The first-order valence-corrected chi connectivity index (χ1v) is 6.78. The van der Waals surface area contributed by atoms with Crippen molar-refractivity contribution < 1.29 is 4.79 Å². The first kappa shape index (κ1) is 12.7. The van der Waals surface area contributed by atoms with E-state index in [1.165, 1.54) is 11.1 Å². The lowest BCUT2D eigenvalue weighted by Crippen LogP contribution is -2.35. The van der Waals surface area contributed by atoms with Crippen LogP contribution in [0.5, 0.6) is 0 Å². The third kappa shape index (κ3) is 2.50. The van der Waals surface area contributed by atoms with Crippen LogP contribution in [0.4, 0.5) is 5.82 Å². The van der Waals surface area contributed by atoms with E-state index < -0.39 is 0 Å². The Labute approximate surface area is 118 Å². The number of rotatable bonds is 3. The fourth-order valence-electron chi connectivity index (χ4n) is 2.62. The van der Waals surface area contributed by atoms with E-state index in [1.54, 1.807) is 13.1 Å². The van der Waals surface area contributed by atoms with Crippen molar-refractivity contribution in [3.63, 3.8) is 0 Å². The van der Waals surface area contributed by atoms with Gasteiger partial charge in [-0.1, -0.05) is 30.3 Å². The van der Waals surface area contributed by atoms with E-state index in [0.717, 1.165) is 12.8 Å². The SMILES string of the molecule is CNc1cccc(C(=O)NC2Cc3ccccc3C2)n1. The number of aromatic nitrogens is 1. The molecule has 0 fully saturated rings. The van der Waals surface area contributed by atoms with Crippen molar-refractivity contribution in [1.29, 1.82) is 0 Å². The normalized spacial score (nSPS) is 13.8. The van der Waals surface area contributed by atoms with Gasteiger partial charge < -0.3 is 10.6 Å². The lowest BCUT2D eigenvalue weighted by Gasteiger charge is -2.12. The molecule has 3 rings (SSSR count). The second-order valence-corrected chi connectivity index (χ2v) is 5.01. The number of amides is 1. The number of hydrogen-bond acceptors (Lipinski definition) is 3. The van der Waals surface area contributed by atoms with Crippen LogP contribution in [-0.4, -0.2) is 24.0 Å². The van der Waals surface area contributed by atoms with Gasteiger partial charge in [-0.3, -0.25) is 4.79 Å². The molecule has 1 aliphatic carbocycles. The van der Waals surface area contributed by atoms with Crippen molar-refractivity contribution >= 4 is 11.7 Å². The lowest BCUT2D eigenvalue weighted by atomic mass is 10.1. The van der Waals surface area contributed by atoms with Gasteiger partial charge in [-0.15, -0.1) is 0 Å². The van der Waals surface area contributed by atoms with Gasteiger partial charge in [0.05, 0.1) is 0 Å². The van der Waals surface area contributed by atoms with Crippen LogP contribution in [0.15, 0.2) is 42.5 Å². The number of carbonyl (C=O) groups excluding carboxylic acids is 1. The fourth-order valence-corrected chi connectivity index (χ4v) is 2.62. The van der Waals surface area contributed by atoms with E-state index in [1.807, 2.05) is 24.3 Å². The average molecular weight is 267 g/mol. The van der Waals surface area contributed by atoms with Crippen LogP contribution in [-0.2, 0) is 12.8 Å². The monoisotopic (exact) mass is 267 g/mol. The first-order valence-electron chi connectivity index (χ1n) is 6.78. The maximum Gasteiger partial charge on any atom is 0.270 e. The van der Waals surface area contributed by atoms with E-state index in [-0.39, 0.29) is 11.9 Å². The third-order valence-electron chi connectivity index (χ3n) is 3.62. The molecular formula is C16H17N3O. The predicted molar refractivity (Wildman–Crippen MR) is 78.9 cm³/mol. The van der Waals surface area contributed by atoms with Gasteiger partial charge in [0.2, 0.25) is 0 Å². The molecule has 1 aromatic carbocycles. The smallest absolute Gasteiger partial charge is 0.270 e. The van der Waals surface area contributed by atoms with Crippen LogP contribution in [0.1, 0.15) is 21.6 Å². The molecule has 2 N–H and O–H groups in total.